The third-order valence-corrected chi connectivity index (χ3v) is 6.92. The highest BCUT2D eigenvalue weighted by Gasteiger charge is 2.42. The minimum atomic E-state index is -0.366. The zero-order valence-corrected chi connectivity index (χ0v) is 19.0. The Balaban J connectivity index is 1.39. The standard InChI is InChI=1S/C27H28N4O3/c32-27(28-14-13-20-7-3-1-4-8-20)24-18-21-17-23(31(33)34)11-12-25(21)30-16-15-29(19-26(24)30)22-9-5-2-6-10-22/h1-12,17,24,26H,13-16,18-19H2,(H,28,32)/t24-,26+/m0/s1. The molecule has 1 N–H and O–H groups in total. The molecule has 7 nitrogen and oxygen atoms in total. The van der Waals surface area contributed by atoms with Gasteiger partial charge in [0, 0.05) is 49.7 Å². The largest absolute Gasteiger partial charge is 0.368 e. The van der Waals surface area contributed by atoms with Crippen molar-refractivity contribution in [2.75, 3.05) is 36.0 Å². The lowest BCUT2D eigenvalue weighted by molar-refractivity contribution is -0.384. The van der Waals surface area contributed by atoms with Gasteiger partial charge in [0.2, 0.25) is 5.91 Å². The van der Waals surface area contributed by atoms with Crippen molar-refractivity contribution < 1.29 is 9.72 Å². The van der Waals surface area contributed by atoms with Crippen LogP contribution in [0.25, 0.3) is 0 Å². The van der Waals surface area contributed by atoms with Gasteiger partial charge in [-0.15, -0.1) is 0 Å². The smallest absolute Gasteiger partial charge is 0.269 e. The van der Waals surface area contributed by atoms with Gasteiger partial charge < -0.3 is 15.1 Å². The van der Waals surface area contributed by atoms with Gasteiger partial charge >= 0.3 is 0 Å². The average molecular weight is 457 g/mol. The van der Waals surface area contributed by atoms with Crippen LogP contribution in [0.4, 0.5) is 17.1 Å². The second-order valence-corrected chi connectivity index (χ2v) is 8.95. The van der Waals surface area contributed by atoms with Gasteiger partial charge in [-0.05, 0) is 42.2 Å². The maximum absolute atomic E-state index is 13.4. The van der Waals surface area contributed by atoms with E-state index < -0.39 is 0 Å². The molecule has 0 bridgehead atoms. The van der Waals surface area contributed by atoms with Crippen molar-refractivity contribution in [1.29, 1.82) is 0 Å². The van der Waals surface area contributed by atoms with E-state index in [-0.39, 0.29) is 28.5 Å². The molecule has 3 aromatic carbocycles. The van der Waals surface area contributed by atoms with E-state index in [4.69, 9.17) is 0 Å². The van der Waals surface area contributed by atoms with Gasteiger partial charge in [-0.2, -0.15) is 0 Å². The molecule has 5 rings (SSSR count). The number of rotatable bonds is 6. The minimum absolute atomic E-state index is 0.000336. The van der Waals surface area contributed by atoms with Crippen LogP contribution in [0.2, 0.25) is 0 Å². The number of piperazine rings is 1. The SMILES string of the molecule is O=C(NCCc1ccccc1)[C@H]1Cc2cc([N+](=O)[O-])ccc2N2CCN(c3ccccc3)C[C@H]12. The third kappa shape index (κ3) is 4.46. The van der Waals surface area contributed by atoms with Crippen molar-refractivity contribution in [1.82, 2.24) is 5.32 Å². The molecule has 174 valence electrons. The Bertz CT molecular complexity index is 1170. The average Bonchev–Trinajstić information content (AvgIpc) is 2.88. The van der Waals surface area contributed by atoms with Gasteiger partial charge in [-0.25, -0.2) is 0 Å². The molecular formula is C27H28N4O3. The molecule has 0 spiro atoms. The number of nitro benzene ring substituents is 1. The highest BCUT2D eigenvalue weighted by atomic mass is 16.6. The molecule has 2 aliphatic heterocycles. The number of hydrogen-bond donors (Lipinski definition) is 1. The number of nitro groups is 1. The van der Waals surface area contributed by atoms with Crippen LogP contribution in [0.3, 0.4) is 0 Å². The molecule has 1 fully saturated rings. The molecule has 1 saturated heterocycles. The lowest BCUT2D eigenvalue weighted by Gasteiger charge is -2.49. The molecule has 2 aliphatic rings. The van der Waals surface area contributed by atoms with Crippen molar-refractivity contribution in [3.05, 3.63) is 100 Å². The van der Waals surface area contributed by atoms with Gasteiger partial charge in [-0.3, -0.25) is 14.9 Å². The second kappa shape index (κ2) is 9.55. The summed E-state index contributed by atoms with van der Waals surface area (Å²) in [5.74, 6) is -0.269. The van der Waals surface area contributed by atoms with E-state index in [1.54, 1.807) is 12.1 Å². The monoisotopic (exact) mass is 456 g/mol. The maximum atomic E-state index is 13.4. The normalized spacial score (nSPS) is 19.2. The Morgan fingerprint density at radius 2 is 1.74 bits per heavy atom. The number of nitrogens with zero attached hydrogens (tertiary/aromatic N) is 3. The number of nitrogens with one attached hydrogen (secondary N) is 1. The summed E-state index contributed by atoms with van der Waals surface area (Å²) in [4.78, 5) is 29.0. The third-order valence-electron chi connectivity index (χ3n) is 6.92. The van der Waals surface area contributed by atoms with Crippen LogP contribution < -0.4 is 15.1 Å². The molecule has 0 radical (unpaired) electrons. The summed E-state index contributed by atoms with van der Waals surface area (Å²) in [7, 11) is 0. The van der Waals surface area contributed by atoms with E-state index in [1.807, 2.05) is 42.5 Å². The fourth-order valence-corrected chi connectivity index (χ4v) is 5.20. The van der Waals surface area contributed by atoms with Crippen LogP contribution in [-0.2, 0) is 17.6 Å². The lowest BCUT2D eigenvalue weighted by Crippen LogP contribution is -2.61. The summed E-state index contributed by atoms with van der Waals surface area (Å²) in [6, 6.07) is 25.4. The van der Waals surface area contributed by atoms with E-state index in [0.717, 1.165) is 43.0 Å². The van der Waals surface area contributed by atoms with Gasteiger partial charge in [0.15, 0.2) is 0 Å². The van der Waals surface area contributed by atoms with Gasteiger partial charge in [0.25, 0.3) is 5.69 Å². The minimum Gasteiger partial charge on any atom is -0.368 e. The molecule has 2 heterocycles. The summed E-state index contributed by atoms with van der Waals surface area (Å²) in [5.41, 5.74) is 4.30. The number of non-ortho nitro benzene ring substituents is 1. The maximum Gasteiger partial charge on any atom is 0.269 e. The van der Waals surface area contributed by atoms with Gasteiger partial charge in [0.1, 0.15) is 0 Å². The van der Waals surface area contributed by atoms with Crippen molar-refractivity contribution in [3.8, 4) is 0 Å². The first kappa shape index (κ1) is 21.9. The fourth-order valence-electron chi connectivity index (χ4n) is 5.20. The highest BCUT2D eigenvalue weighted by molar-refractivity contribution is 5.82. The van der Waals surface area contributed by atoms with Crippen LogP contribution in [0.5, 0.6) is 0 Å². The van der Waals surface area contributed by atoms with E-state index in [9.17, 15) is 14.9 Å². The molecule has 2 atom stereocenters. The summed E-state index contributed by atoms with van der Waals surface area (Å²) in [6.07, 6.45) is 1.27. The second-order valence-electron chi connectivity index (χ2n) is 8.95. The number of anilines is 2. The molecular weight excluding hydrogens is 428 g/mol. The summed E-state index contributed by atoms with van der Waals surface area (Å²) >= 11 is 0. The molecule has 0 aliphatic carbocycles. The van der Waals surface area contributed by atoms with Crippen molar-refractivity contribution in [2.45, 2.75) is 18.9 Å². The van der Waals surface area contributed by atoms with Crippen LogP contribution in [0.1, 0.15) is 11.1 Å². The van der Waals surface area contributed by atoms with E-state index in [0.29, 0.717) is 13.0 Å². The summed E-state index contributed by atoms with van der Waals surface area (Å²) < 4.78 is 0. The Kier molecular flexibility index (Phi) is 6.16. The summed E-state index contributed by atoms with van der Waals surface area (Å²) in [6.45, 7) is 2.89. The zero-order valence-electron chi connectivity index (χ0n) is 19.0. The molecule has 0 saturated carbocycles. The summed E-state index contributed by atoms with van der Waals surface area (Å²) in [5, 5.41) is 14.5. The van der Waals surface area contributed by atoms with E-state index >= 15 is 0 Å². The first-order valence-electron chi connectivity index (χ1n) is 11.8. The predicted molar refractivity (Wildman–Crippen MR) is 133 cm³/mol. The Morgan fingerprint density at radius 3 is 2.47 bits per heavy atom. The van der Waals surface area contributed by atoms with Crippen molar-refractivity contribution >= 4 is 23.0 Å². The quantitative estimate of drug-likeness (QED) is 0.451. The Morgan fingerprint density at radius 1 is 1.00 bits per heavy atom. The van der Waals surface area contributed by atoms with E-state index in [2.05, 4.69) is 39.4 Å². The van der Waals surface area contributed by atoms with Crippen molar-refractivity contribution in [2.24, 2.45) is 5.92 Å². The highest BCUT2D eigenvalue weighted by Crippen LogP contribution is 2.38. The molecule has 0 aromatic heterocycles. The van der Waals surface area contributed by atoms with E-state index in [1.165, 1.54) is 5.56 Å². The molecule has 7 heteroatoms. The molecule has 3 aromatic rings. The Labute approximate surface area is 199 Å². The first-order valence-corrected chi connectivity index (χ1v) is 11.8. The van der Waals surface area contributed by atoms with Crippen LogP contribution in [-0.4, -0.2) is 43.1 Å². The lowest BCUT2D eigenvalue weighted by atomic mass is 9.83. The zero-order chi connectivity index (χ0) is 23.5. The first-order chi connectivity index (χ1) is 16.6. The molecule has 34 heavy (non-hydrogen) atoms. The molecule has 1 amide bonds. The predicted octanol–water partition coefficient (Wildman–Crippen LogP) is 3.82. The number of fused-ring (bicyclic) bond motifs is 3. The fraction of sp³-hybridized carbons (Fsp3) is 0.296. The number of hydrogen-bond acceptors (Lipinski definition) is 5. The number of amides is 1. The number of para-hydroxylation sites is 1. The van der Waals surface area contributed by atoms with Crippen molar-refractivity contribution in [3.63, 3.8) is 0 Å². The Hall–Kier alpha value is -3.87. The number of carbonyl (C=O) groups is 1. The van der Waals surface area contributed by atoms with Crippen LogP contribution >= 0.6 is 0 Å². The topological polar surface area (TPSA) is 78.7 Å². The number of benzene rings is 3. The van der Waals surface area contributed by atoms with Crippen LogP contribution in [0, 0.1) is 16.0 Å². The molecule has 0 unspecified atom stereocenters. The number of carbonyl (C=O) groups excluding carboxylic acids is 1. The van der Waals surface area contributed by atoms with Gasteiger partial charge in [0.05, 0.1) is 16.9 Å². The van der Waals surface area contributed by atoms with Crippen LogP contribution in [0.15, 0.2) is 78.9 Å². The van der Waals surface area contributed by atoms with Gasteiger partial charge in [-0.1, -0.05) is 48.5 Å².